The minimum absolute atomic E-state index is 0.132. The normalized spacial score (nSPS) is 12.6. The van der Waals surface area contributed by atoms with E-state index in [1.54, 1.807) is 26.0 Å². The first-order valence-corrected chi connectivity index (χ1v) is 10.6. The van der Waals surface area contributed by atoms with Gasteiger partial charge in [-0.2, -0.15) is 0 Å². The molecule has 26 heavy (non-hydrogen) atoms. The van der Waals surface area contributed by atoms with Crippen molar-refractivity contribution in [2.24, 2.45) is 0 Å². The zero-order valence-electron chi connectivity index (χ0n) is 14.9. The number of carboxylic acid groups (broad SMARTS) is 1. The van der Waals surface area contributed by atoms with Crippen LogP contribution in [0, 0.1) is 6.92 Å². The van der Waals surface area contributed by atoms with Crippen LogP contribution < -0.4 is 5.32 Å². The van der Waals surface area contributed by atoms with E-state index in [0.717, 1.165) is 17.6 Å². The number of rotatable bonds is 6. The van der Waals surface area contributed by atoms with E-state index < -0.39 is 27.8 Å². The Labute approximate surface area is 156 Å². The largest absolute Gasteiger partial charge is 0.477 e. The molecule has 2 rings (SSSR count). The maximum atomic E-state index is 12.5. The quantitative estimate of drug-likeness (QED) is 0.776. The third-order valence-corrected chi connectivity index (χ3v) is 6.34. The van der Waals surface area contributed by atoms with E-state index >= 15 is 0 Å². The van der Waals surface area contributed by atoms with Crippen LogP contribution >= 0.6 is 11.3 Å². The van der Waals surface area contributed by atoms with Gasteiger partial charge in [-0.25, -0.2) is 18.2 Å². The van der Waals surface area contributed by atoms with Gasteiger partial charge in [-0.15, -0.1) is 11.3 Å². The molecule has 140 valence electrons. The zero-order valence-corrected chi connectivity index (χ0v) is 16.5. The van der Waals surface area contributed by atoms with E-state index in [9.17, 15) is 18.0 Å². The van der Waals surface area contributed by atoms with Crippen LogP contribution in [0.1, 0.15) is 56.2 Å². The fourth-order valence-electron chi connectivity index (χ4n) is 2.48. The summed E-state index contributed by atoms with van der Waals surface area (Å²) in [6, 6.07) is 4.07. The summed E-state index contributed by atoms with van der Waals surface area (Å²) in [7, 11) is -3.45. The molecule has 0 aliphatic carbocycles. The molecule has 1 heterocycles. The highest BCUT2D eigenvalue weighted by atomic mass is 32.2. The van der Waals surface area contributed by atoms with Crippen LogP contribution in [0.25, 0.3) is 0 Å². The second-order valence-electron chi connectivity index (χ2n) is 5.92. The van der Waals surface area contributed by atoms with Crippen molar-refractivity contribution in [1.29, 1.82) is 0 Å². The highest BCUT2D eigenvalue weighted by Gasteiger charge is 2.21. The van der Waals surface area contributed by atoms with Crippen molar-refractivity contribution in [3.8, 4) is 0 Å². The first kappa shape index (κ1) is 20.1. The van der Waals surface area contributed by atoms with Gasteiger partial charge >= 0.3 is 5.97 Å². The number of thiazole rings is 1. The molecule has 0 radical (unpaired) electrons. The number of aromatic carboxylic acids is 1. The van der Waals surface area contributed by atoms with Gasteiger partial charge in [-0.1, -0.05) is 13.0 Å². The third-order valence-electron chi connectivity index (χ3n) is 3.84. The Kier molecular flexibility index (Phi) is 5.82. The number of carboxylic acids is 1. The molecular weight excluding hydrogens is 376 g/mol. The fourth-order valence-corrected chi connectivity index (χ4v) is 4.41. The number of hydrogen-bond acceptors (Lipinski definition) is 6. The van der Waals surface area contributed by atoms with Crippen molar-refractivity contribution >= 4 is 33.1 Å². The lowest BCUT2D eigenvalue weighted by Gasteiger charge is -2.13. The number of amides is 1. The van der Waals surface area contributed by atoms with Crippen LogP contribution in [0.15, 0.2) is 23.1 Å². The van der Waals surface area contributed by atoms with Gasteiger partial charge in [0.2, 0.25) is 0 Å². The molecule has 9 heteroatoms. The smallest absolute Gasteiger partial charge is 0.347 e. The topological polar surface area (TPSA) is 113 Å². The molecule has 7 nitrogen and oxygen atoms in total. The van der Waals surface area contributed by atoms with Crippen LogP contribution in [0.2, 0.25) is 0 Å². The Morgan fingerprint density at radius 3 is 2.50 bits per heavy atom. The van der Waals surface area contributed by atoms with Crippen molar-refractivity contribution in [3.63, 3.8) is 0 Å². The van der Waals surface area contributed by atoms with Crippen molar-refractivity contribution in [1.82, 2.24) is 10.3 Å². The summed E-state index contributed by atoms with van der Waals surface area (Å²) in [6.45, 7) is 5.14. The molecule has 0 spiro atoms. The molecule has 2 aromatic rings. The number of aromatic nitrogens is 1. The van der Waals surface area contributed by atoms with E-state index in [1.807, 2.05) is 6.92 Å². The molecule has 0 fully saturated rings. The number of benzene rings is 1. The minimum Gasteiger partial charge on any atom is -0.477 e. The van der Waals surface area contributed by atoms with Crippen molar-refractivity contribution in [2.45, 2.75) is 38.1 Å². The molecule has 1 aromatic heterocycles. The fraction of sp³-hybridized carbons (Fsp3) is 0.353. The molecule has 0 saturated heterocycles. The number of hydrogen-bond donors (Lipinski definition) is 2. The molecule has 0 saturated carbocycles. The zero-order chi connectivity index (χ0) is 19.6. The van der Waals surface area contributed by atoms with Gasteiger partial charge in [-0.05, 0) is 38.0 Å². The summed E-state index contributed by atoms with van der Waals surface area (Å²) in [6.07, 6.45) is 1.65. The number of nitrogens with one attached hydrogen (secondary N) is 1. The second kappa shape index (κ2) is 7.55. The lowest BCUT2D eigenvalue weighted by atomic mass is 10.1. The molecule has 1 atom stereocenters. The predicted molar refractivity (Wildman–Crippen MR) is 98.6 cm³/mol. The second-order valence-corrected chi connectivity index (χ2v) is 8.93. The summed E-state index contributed by atoms with van der Waals surface area (Å²) in [5.74, 6) is -1.51. The first-order chi connectivity index (χ1) is 12.0. The van der Waals surface area contributed by atoms with Crippen molar-refractivity contribution in [3.05, 3.63) is 44.9 Å². The Morgan fingerprint density at radius 2 is 2.00 bits per heavy atom. The summed E-state index contributed by atoms with van der Waals surface area (Å²) >= 11 is 1.01. The van der Waals surface area contributed by atoms with Crippen molar-refractivity contribution < 1.29 is 23.1 Å². The number of aryl methyl sites for hydroxylation is 2. The molecule has 1 aromatic carbocycles. The Bertz CT molecular complexity index is 964. The van der Waals surface area contributed by atoms with E-state index in [-0.39, 0.29) is 15.3 Å². The van der Waals surface area contributed by atoms with Crippen LogP contribution in [-0.2, 0) is 16.3 Å². The summed E-state index contributed by atoms with van der Waals surface area (Å²) in [5.41, 5.74) is 1.27. The van der Waals surface area contributed by atoms with Gasteiger partial charge in [0.1, 0.15) is 9.88 Å². The highest BCUT2D eigenvalue weighted by molar-refractivity contribution is 7.90. The van der Waals surface area contributed by atoms with Gasteiger partial charge in [0.15, 0.2) is 9.84 Å². The van der Waals surface area contributed by atoms with Gasteiger partial charge in [0, 0.05) is 11.8 Å². The summed E-state index contributed by atoms with van der Waals surface area (Å²) in [4.78, 5) is 28.1. The lowest BCUT2D eigenvalue weighted by Crippen LogP contribution is -2.26. The summed E-state index contributed by atoms with van der Waals surface area (Å²) < 4.78 is 23.9. The molecule has 1 unspecified atom stereocenters. The third kappa shape index (κ3) is 4.28. The number of carbonyl (C=O) groups is 2. The maximum Gasteiger partial charge on any atom is 0.347 e. The lowest BCUT2D eigenvalue weighted by molar-refractivity contribution is 0.0700. The van der Waals surface area contributed by atoms with E-state index in [0.29, 0.717) is 22.7 Å². The van der Waals surface area contributed by atoms with Gasteiger partial charge in [-0.3, -0.25) is 4.79 Å². The monoisotopic (exact) mass is 396 g/mol. The highest BCUT2D eigenvalue weighted by Crippen LogP contribution is 2.24. The molecule has 0 aliphatic heterocycles. The van der Waals surface area contributed by atoms with Gasteiger partial charge < -0.3 is 10.4 Å². The average Bonchev–Trinajstić information content (AvgIpc) is 2.95. The van der Waals surface area contributed by atoms with E-state index in [4.69, 9.17) is 5.11 Å². The number of nitrogens with zero attached hydrogens (tertiary/aromatic N) is 1. The molecule has 0 bridgehead atoms. The standard InChI is InChI=1S/C17H20N2O5S2/c1-5-11-6-7-12(8-13(11)26(4,23)24)15(20)18-10(3)16-19-9(2)14(25-16)17(21)22/h6-8,10H,5H2,1-4H3,(H,18,20)(H,21,22). The van der Waals surface area contributed by atoms with E-state index in [1.165, 1.54) is 6.07 Å². The SMILES string of the molecule is CCc1ccc(C(=O)NC(C)c2nc(C)c(C(=O)O)s2)cc1S(C)(=O)=O. The first-order valence-electron chi connectivity index (χ1n) is 7.89. The molecular formula is C17H20N2O5S2. The Hall–Kier alpha value is -2.26. The van der Waals surface area contributed by atoms with Crippen LogP contribution in [0.4, 0.5) is 0 Å². The van der Waals surface area contributed by atoms with E-state index in [2.05, 4.69) is 10.3 Å². The van der Waals surface area contributed by atoms with Gasteiger partial charge in [0.05, 0.1) is 16.6 Å². The molecule has 0 aliphatic rings. The molecule has 2 N–H and O–H groups in total. The number of sulfone groups is 1. The molecule has 1 amide bonds. The summed E-state index contributed by atoms with van der Waals surface area (Å²) in [5, 5.41) is 12.3. The van der Waals surface area contributed by atoms with Crippen LogP contribution in [-0.4, -0.2) is 36.6 Å². The maximum absolute atomic E-state index is 12.5. The Morgan fingerprint density at radius 1 is 1.35 bits per heavy atom. The van der Waals surface area contributed by atoms with Crippen LogP contribution in [0.5, 0.6) is 0 Å². The predicted octanol–water partition coefficient (Wildman–Crippen LogP) is 2.61. The van der Waals surface area contributed by atoms with Crippen LogP contribution in [0.3, 0.4) is 0 Å². The minimum atomic E-state index is -3.45. The van der Waals surface area contributed by atoms with Crippen molar-refractivity contribution in [2.75, 3.05) is 6.26 Å². The number of carbonyl (C=O) groups excluding carboxylic acids is 1. The Balaban J connectivity index is 2.27. The average molecular weight is 396 g/mol. The van der Waals surface area contributed by atoms with Gasteiger partial charge in [0.25, 0.3) is 5.91 Å².